The van der Waals surface area contributed by atoms with Crippen molar-refractivity contribution in [3.63, 3.8) is 0 Å². The standard InChI is InChI=1S/C14H15NOS/c1-9-8-17-13(15-9)7-11-6-10-4-2-3-5-12(10)14(11)16/h2-5,8,11,14,16H,6-7H2,1H3. The van der Waals surface area contributed by atoms with Crippen LogP contribution in [0.25, 0.3) is 0 Å². The molecule has 1 aromatic heterocycles. The van der Waals surface area contributed by atoms with Gasteiger partial charge in [0.2, 0.25) is 0 Å². The van der Waals surface area contributed by atoms with Crippen LogP contribution in [0.2, 0.25) is 0 Å². The molecule has 3 rings (SSSR count). The van der Waals surface area contributed by atoms with Crippen LogP contribution in [0.1, 0.15) is 27.9 Å². The largest absolute Gasteiger partial charge is 0.388 e. The lowest BCUT2D eigenvalue weighted by Gasteiger charge is -2.13. The van der Waals surface area contributed by atoms with Crippen molar-refractivity contribution in [2.24, 2.45) is 5.92 Å². The van der Waals surface area contributed by atoms with E-state index in [4.69, 9.17) is 0 Å². The number of aliphatic hydroxyl groups is 1. The van der Waals surface area contributed by atoms with E-state index in [0.29, 0.717) is 0 Å². The SMILES string of the molecule is Cc1csc(CC2Cc3ccccc3C2O)n1. The second-order valence-electron chi connectivity index (χ2n) is 4.69. The normalized spacial score (nSPS) is 22.7. The Kier molecular flexibility index (Phi) is 2.73. The van der Waals surface area contributed by atoms with Crippen LogP contribution in [0.5, 0.6) is 0 Å². The summed E-state index contributed by atoms with van der Waals surface area (Å²) in [7, 11) is 0. The Balaban J connectivity index is 1.80. The van der Waals surface area contributed by atoms with Crippen LogP contribution in [0.4, 0.5) is 0 Å². The lowest BCUT2D eigenvalue weighted by molar-refractivity contribution is 0.123. The molecule has 1 aliphatic rings. The van der Waals surface area contributed by atoms with Gasteiger partial charge in [-0.15, -0.1) is 11.3 Å². The smallest absolute Gasteiger partial charge is 0.0932 e. The molecule has 3 heteroatoms. The van der Waals surface area contributed by atoms with E-state index in [0.717, 1.165) is 29.1 Å². The monoisotopic (exact) mass is 245 g/mol. The molecule has 0 saturated heterocycles. The molecule has 0 saturated carbocycles. The molecule has 0 bridgehead atoms. The van der Waals surface area contributed by atoms with E-state index in [-0.39, 0.29) is 12.0 Å². The highest BCUT2D eigenvalue weighted by molar-refractivity contribution is 7.09. The van der Waals surface area contributed by atoms with Gasteiger partial charge in [0.1, 0.15) is 0 Å². The number of hydrogen-bond acceptors (Lipinski definition) is 3. The number of benzene rings is 1. The van der Waals surface area contributed by atoms with Crippen LogP contribution < -0.4 is 0 Å². The Morgan fingerprint density at radius 2 is 2.24 bits per heavy atom. The fourth-order valence-electron chi connectivity index (χ4n) is 2.56. The fraction of sp³-hybridized carbons (Fsp3) is 0.357. The summed E-state index contributed by atoms with van der Waals surface area (Å²) in [6, 6.07) is 8.19. The van der Waals surface area contributed by atoms with Crippen LogP contribution in [0.15, 0.2) is 29.6 Å². The average molecular weight is 245 g/mol. The summed E-state index contributed by atoms with van der Waals surface area (Å²) in [6.07, 6.45) is 1.53. The molecule has 0 radical (unpaired) electrons. The maximum Gasteiger partial charge on any atom is 0.0932 e. The molecule has 0 spiro atoms. The van der Waals surface area contributed by atoms with Gasteiger partial charge in [0.15, 0.2) is 0 Å². The summed E-state index contributed by atoms with van der Waals surface area (Å²) in [5.74, 6) is 0.290. The molecule has 2 atom stereocenters. The number of thiazole rings is 1. The molecule has 0 fully saturated rings. The van der Waals surface area contributed by atoms with Crippen LogP contribution in [0, 0.1) is 12.8 Å². The van der Waals surface area contributed by atoms with Gasteiger partial charge in [0.05, 0.1) is 11.1 Å². The van der Waals surface area contributed by atoms with Crippen LogP contribution >= 0.6 is 11.3 Å². The third-order valence-corrected chi connectivity index (χ3v) is 4.39. The van der Waals surface area contributed by atoms with Crippen molar-refractivity contribution >= 4 is 11.3 Å². The van der Waals surface area contributed by atoms with Gasteiger partial charge in [-0.2, -0.15) is 0 Å². The number of rotatable bonds is 2. The number of hydrogen-bond donors (Lipinski definition) is 1. The zero-order chi connectivity index (χ0) is 11.8. The highest BCUT2D eigenvalue weighted by Gasteiger charge is 2.31. The number of aromatic nitrogens is 1. The molecule has 1 heterocycles. The van der Waals surface area contributed by atoms with E-state index in [2.05, 4.69) is 16.4 Å². The molecular weight excluding hydrogens is 230 g/mol. The lowest BCUT2D eigenvalue weighted by atomic mass is 10.00. The minimum atomic E-state index is -0.324. The van der Waals surface area contributed by atoms with E-state index in [1.165, 1.54) is 5.56 Å². The van der Waals surface area contributed by atoms with Crippen molar-refractivity contribution < 1.29 is 5.11 Å². The molecule has 17 heavy (non-hydrogen) atoms. The molecule has 1 aromatic carbocycles. The minimum absolute atomic E-state index is 0.290. The van der Waals surface area contributed by atoms with E-state index in [9.17, 15) is 5.11 Å². The maximum absolute atomic E-state index is 10.3. The zero-order valence-corrected chi connectivity index (χ0v) is 10.6. The number of aryl methyl sites for hydroxylation is 1. The Morgan fingerprint density at radius 1 is 1.41 bits per heavy atom. The predicted octanol–water partition coefficient (Wildman–Crippen LogP) is 2.90. The Morgan fingerprint density at radius 3 is 2.94 bits per heavy atom. The Labute approximate surface area is 105 Å². The van der Waals surface area contributed by atoms with Gasteiger partial charge >= 0.3 is 0 Å². The van der Waals surface area contributed by atoms with Crippen molar-refractivity contribution in [3.05, 3.63) is 51.5 Å². The van der Waals surface area contributed by atoms with Gasteiger partial charge in [-0.1, -0.05) is 24.3 Å². The van der Waals surface area contributed by atoms with Crippen molar-refractivity contribution in [1.82, 2.24) is 4.98 Å². The second-order valence-corrected chi connectivity index (χ2v) is 5.64. The van der Waals surface area contributed by atoms with Crippen LogP contribution in [-0.2, 0) is 12.8 Å². The maximum atomic E-state index is 10.3. The van der Waals surface area contributed by atoms with Gasteiger partial charge < -0.3 is 5.11 Å². The number of nitrogens with zero attached hydrogens (tertiary/aromatic N) is 1. The molecule has 2 aromatic rings. The van der Waals surface area contributed by atoms with E-state index < -0.39 is 0 Å². The first kappa shape index (κ1) is 10.9. The van der Waals surface area contributed by atoms with Crippen molar-refractivity contribution in [2.75, 3.05) is 0 Å². The summed E-state index contributed by atoms with van der Waals surface area (Å²) < 4.78 is 0. The van der Waals surface area contributed by atoms with Crippen molar-refractivity contribution in [3.8, 4) is 0 Å². The minimum Gasteiger partial charge on any atom is -0.388 e. The van der Waals surface area contributed by atoms with Crippen LogP contribution in [-0.4, -0.2) is 10.1 Å². The zero-order valence-electron chi connectivity index (χ0n) is 9.76. The number of fused-ring (bicyclic) bond motifs is 1. The number of aliphatic hydroxyl groups excluding tert-OH is 1. The third kappa shape index (κ3) is 2.01. The van der Waals surface area contributed by atoms with Crippen LogP contribution in [0.3, 0.4) is 0 Å². The van der Waals surface area contributed by atoms with Gasteiger partial charge in [0.25, 0.3) is 0 Å². The van der Waals surface area contributed by atoms with E-state index in [1.807, 2.05) is 25.1 Å². The van der Waals surface area contributed by atoms with Gasteiger partial charge in [-0.25, -0.2) is 4.98 Å². The van der Waals surface area contributed by atoms with Gasteiger partial charge in [0, 0.05) is 17.5 Å². The van der Waals surface area contributed by atoms with Crippen molar-refractivity contribution in [2.45, 2.75) is 25.9 Å². The summed E-state index contributed by atoms with van der Waals surface area (Å²) in [6.45, 7) is 2.01. The average Bonchev–Trinajstić information content (AvgIpc) is 2.86. The van der Waals surface area contributed by atoms with E-state index >= 15 is 0 Å². The summed E-state index contributed by atoms with van der Waals surface area (Å²) >= 11 is 1.69. The molecule has 0 aliphatic heterocycles. The first-order valence-electron chi connectivity index (χ1n) is 5.91. The third-order valence-electron chi connectivity index (χ3n) is 3.41. The molecule has 1 aliphatic carbocycles. The second kappa shape index (κ2) is 4.24. The highest BCUT2D eigenvalue weighted by Crippen LogP contribution is 2.37. The molecule has 88 valence electrons. The molecular formula is C14H15NOS. The summed E-state index contributed by atoms with van der Waals surface area (Å²) in [4.78, 5) is 4.48. The fourth-order valence-corrected chi connectivity index (χ4v) is 3.43. The molecule has 0 amide bonds. The first-order chi connectivity index (χ1) is 8.24. The van der Waals surface area contributed by atoms with Crippen molar-refractivity contribution in [1.29, 1.82) is 0 Å². The molecule has 1 N–H and O–H groups in total. The lowest BCUT2D eigenvalue weighted by Crippen LogP contribution is -2.10. The van der Waals surface area contributed by atoms with E-state index in [1.54, 1.807) is 11.3 Å². The topological polar surface area (TPSA) is 33.1 Å². The summed E-state index contributed by atoms with van der Waals surface area (Å²) in [5, 5.41) is 13.5. The predicted molar refractivity (Wildman–Crippen MR) is 69.2 cm³/mol. The Hall–Kier alpha value is -1.19. The first-order valence-corrected chi connectivity index (χ1v) is 6.79. The van der Waals surface area contributed by atoms with Gasteiger partial charge in [-0.3, -0.25) is 0 Å². The van der Waals surface area contributed by atoms with Gasteiger partial charge in [-0.05, 0) is 30.4 Å². The molecule has 2 nitrogen and oxygen atoms in total. The highest BCUT2D eigenvalue weighted by atomic mass is 32.1. The Bertz CT molecular complexity index is 535. The summed E-state index contributed by atoms with van der Waals surface area (Å²) in [5.41, 5.74) is 3.47. The quantitative estimate of drug-likeness (QED) is 0.882. The molecule has 2 unspecified atom stereocenters.